The SMILES string of the molecule is CC1=C(C(=O)Nc2ccc(C)cn2)[C@H](c2cccnc2)C2=C(CCCC2=O)N1. The Morgan fingerprint density at radius 3 is 2.75 bits per heavy atom. The number of nitrogens with zero attached hydrogens (tertiary/aromatic N) is 2. The lowest BCUT2D eigenvalue weighted by Crippen LogP contribution is -2.35. The standard InChI is InChI=1S/C22H22N4O2/c1-13-8-9-18(24-11-13)26-22(28)19-14(2)25-16-6-3-7-17(27)21(16)20(19)15-5-4-10-23-12-15/h4-5,8-12,20,25H,3,6-7H2,1-2H3,(H,24,26,28)/t20-/m0/s1. The van der Waals surface area contributed by atoms with Gasteiger partial charge in [-0.1, -0.05) is 12.1 Å². The van der Waals surface area contributed by atoms with E-state index >= 15 is 0 Å². The van der Waals surface area contributed by atoms with Gasteiger partial charge in [0.2, 0.25) is 0 Å². The maximum atomic E-state index is 13.2. The van der Waals surface area contributed by atoms with Crippen molar-refractivity contribution >= 4 is 17.5 Å². The molecule has 2 aromatic heterocycles. The molecule has 0 spiro atoms. The summed E-state index contributed by atoms with van der Waals surface area (Å²) < 4.78 is 0. The number of pyridine rings is 2. The number of Topliss-reactive ketones (excluding diaryl/α,β-unsaturated/α-hetero) is 1. The second-order valence-corrected chi connectivity index (χ2v) is 7.23. The van der Waals surface area contributed by atoms with Gasteiger partial charge in [-0.05, 0) is 49.9 Å². The summed E-state index contributed by atoms with van der Waals surface area (Å²) in [7, 11) is 0. The first-order valence-electron chi connectivity index (χ1n) is 9.42. The van der Waals surface area contributed by atoms with Gasteiger partial charge < -0.3 is 10.6 Å². The van der Waals surface area contributed by atoms with E-state index in [1.54, 1.807) is 24.7 Å². The van der Waals surface area contributed by atoms with Crippen molar-refractivity contribution in [2.75, 3.05) is 5.32 Å². The van der Waals surface area contributed by atoms with Crippen molar-refractivity contribution in [2.24, 2.45) is 0 Å². The molecule has 1 aliphatic heterocycles. The fourth-order valence-corrected chi connectivity index (χ4v) is 3.89. The molecule has 2 aliphatic rings. The second kappa shape index (κ2) is 7.38. The molecule has 28 heavy (non-hydrogen) atoms. The predicted molar refractivity (Wildman–Crippen MR) is 106 cm³/mol. The van der Waals surface area contributed by atoms with Crippen LogP contribution in [-0.2, 0) is 9.59 Å². The first-order chi connectivity index (χ1) is 13.5. The molecule has 1 aliphatic carbocycles. The number of carbonyl (C=O) groups excluding carboxylic acids is 2. The molecule has 1 atom stereocenters. The zero-order valence-electron chi connectivity index (χ0n) is 16.0. The lowest BCUT2D eigenvalue weighted by Gasteiger charge is -2.34. The van der Waals surface area contributed by atoms with Gasteiger partial charge >= 0.3 is 0 Å². The molecule has 0 unspecified atom stereocenters. The molecule has 0 aromatic carbocycles. The number of carbonyl (C=O) groups is 2. The summed E-state index contributed by atoms with van der Waals surface area (Å²) in [6.45, 7) is 3.82. The van der Waals surface area contributed by atoms with Gasteiger partial charge in [-0.2, -0.15) is 0 Å². The molecule has 0 radical (unpaired) electrons. The maximum Gasteiger partial charge on any atom is 0.255 e. The summed E-state index contributed by atoms with van der Waals surface area (Å²) in [4.78, 5) is 34.5. The molecule has 0 fully saturated rings. The highest BCUT2D eigenvalue weighted by atomic mass is 16.2. The average molecular weight is 374 g/mol. The number of ketones is 1. The minimum Gasteiger partial charge on any atom is -0.362 e. The quantitative estimate of drug-likeness (QED) is 0.860. The summed E-state index contributed by atoms with van der Waals surface area (Å²) >= 11 is 0. The zero-order valence-corrected chi connectivity index (χ0v) is 16.0. The maximum absolute atomic E-state index is 13.2. The Balaban J connectivity index is 1.76. The minimum absolute atomic E-state index is 0.0915. The van der Waals surface area contributed by atoms with Gasteiger partial charge in [-0.3, -0.25) is 14.6 Å². The molecule has 4 rings (SSSR count). The average Bonchev–Trinajstić information content (AvgIpc) is 2.69. The molecule has 0 saturated heterocycles. The number of hydrogen-bond donors (Lipinski definition) is 2. The van der Waals surface area contributed by atoms with Crippen LogP contribution < -0.4 is 10.6 Å². The van der Waals surface area contributed by atoms with E-state index in [1.807, 2.05) is 32.0 Å². The third-order valence-electron chi connectivity index (χ3n) is 5.19. The highest BCUT2D eigenvalue weighted by molar-refractivity contribution is 6.09. The van der Waals surface area contributed by atoms with Crippen LogP contribution in [0.4, 0.5) is 5.82 Å². The van der Waals surface area contributed by atoms with Crippen LogP contribution in [0, 0.1) is 6.92 Å². The summed E-state index contributed by atoms with van der Waals surface area (Å²) in [5, 5.41) is 6.19. The number of hydrogen-bond acceptors (Lipinski definition) is 5. The Labute approximate surface area is 163 Å². The Bertz CT molecular complexity index is 991. The summed E-state index contributed by atoms with van der Waals surface area (Å²) in [5.74, 6) is -0.118. The Morgan fingerprint density at radius 2 is 2.04 bits per heavy atom. The fraction of sp³-hybridized carbons (Fsp3) is 0.273. The molecular weight excluding hydrogens is 352 g/mol. The summed E-state index contributed by atoms with van der Waals surface area (Å²) in [6.07, 6.45) is 7.27. The van der Waals surface area contributed by atoms with Gasteiger partial charge in [0, 0.05) is 53.5 Å². The second-order valence-electron chi connectivity index (χ2n) is 7.23. The number of nitrogens with one attached hydrogen (secondary N) is 2. The van der Waals surface area contributed by atoms with Crippen molar-refractivity contribution in [1.82, 2.24) is 15.3 Å². The van der Waals surface area contributed by atoms with Crippen LogP contribution in [0.5, 0.6) is 0 Å². The van der Waals surface area contributed by atoms with Crippen LogP contribution in [0.2, 0.25) is 0 Å². The highest BCUT2D eigenvalue weighted by Crippen LogP contribution is 2.42. The van der Waals surface area contributed by atoms with Crippen molar-refractivity contribution in [3.8, 4) is 0 Å². The number of rotatable bonds is 3. The van der Waals surface area contributed by atoms with E-state index in [9.17, 15) is 9.59 Å². The molecule has 6 heteroatoms. The van der Waals surface area contributed by atoms with Crippen LogP contribution in [0.25, 0.3) is 0 Å². The van der Waals surface area contributed by atoms with E-state index in [0.29, 0.717) is 23.4 Å². The van der Waals surface area contributed by atoms with Crippen LogP contribution in [0.3, 0.4) is 0 Å². The van der Waals surface area contributed by atoms with Crippen molar-refractivity contribution < 1.29 is 9.59 Å². The lowest BCUT2D eigenvalue weighted by atomic mass is 9.75. The first-order valence-corrected chi connectivity index (χ1v) is 9.42. The first kappa shape index (κ1) is 18.1. The van der Waals surface area contributed by atoms with E-state index in [4.69, 9.17) is 0 Å². The van der Waals surface area contributed by atoms with Gasteiger partial charge in [0.1, 0.15) is 5.82 Å². The molecule has 2 aromatic rings. The Hall–Kier alpha value is -3.28. The third kappa shape index (κ3) is 3.33. The number of dihydropyridines is 1. The monoisotopic (exact) mass is 374 g/mol. The molecule has 1 amide bonds. The predicted octanol–water partition coefficient (Wildman–Crippen LogP) is 3.39. The molecule has 142 valence electrons. The Kier molecular flexibility index (Phi) is 4.77. The van der Waals surface area contributed by atoms with Crippen molar-refractivity contribution in [1.29, 1.82) is 0 Å². The lowest BCUT2D eigenvalue weighted by molar-refractivity contribution is -0.116. The smallest absolute Gasteiger partial charge is 0.255 e. The van der Waals surface area contributed by atoms with E-state index in [0.717, 1.165) is 35.4 Å². The zero-order chi connectivity index (χ0) is 19.7. The van der Waals surface area contributed by atoms with E-state index in [1.165, 1.54) is 0 Å². The van der Waals surface area contributed by atoms with Gasteiger partial charge in [0.25, 0.3) is 5.91 Å². The molecule has 6 nitrogen and oxygen atoms in total. The fourth-order valence-electron chi connectivity index (χ4n) is 3.89. The van der Waals surface area contributed by atoms with Crippen LogP contribution in [0.15, 0.2) is 65.4 Å². The number of amides is 1. The van der Waals surface area contributed by atoms with Crippen molar-refractivity contribution in [3.05, 3.63) is 76.5 Å². The van der Waals surface area contributed by atoms with Crippen LogP contribution in [-0.4, -0.2) is 21.7 Å². The number of anilines is 1. The van der Waals surface area contributed by atoms with Gasteiger partial charge in [-0.25, -0.2) is 4.98 Å². The van der Waals surface area contributed by atoms with Crippen molar-refractivity contribution in [3.63, 3.8) is 0 Å². The van der Waals surface area contributed by atoms with Crippen LogP contribution in [0.1, 0.15) is 43.2 Å². The van der Waals surface area contributed by atoms with Gasteiger partial charge in [0.05, 0.1) is 0 Å². The number of allylic oxidation sites excluding steroid dienone is 3. The van der Waals surface area contributed by atoms with E-state index < -0.39 is 5.92 Å². The van der Waals surface area contributed by atoms with Gasteiger partial charge in [-0.15, -0.1) is 0 Å². The molecule has 3 heterocycles. The largest absolute Gasteiger partial charge is 0.362 e. The van der Waals surface area contributed by atoms with Crippen LogP contribution >= 0.6 is 0 Å². The summed E-state index contributed by atoms with van der Waals surface area (Å²) in [6, 6.07) is 7.42. The van der Waals surface area contributed by atoms with E-state index in [2.05, 4.69) is 20.6 Å². The molecule has 2 N–H and O–H groups in total. The topological polar surface area (TPSA) is 84.0 Å². The van der Waals surface area contributed by atoms with Gasteiger partial charge in [0.15, 0.2) is 5.78 Å². The van der Waals surface area contributed by atoms with Crippen molar-refractivity contribution in [2.45, 2.75) is 39.0 Å². The summed E-state index contributed by atoms with van der Waals surface area (Å²) in [5.41, 5.74) is 4.76. The minimum atomic E-state index is -0.428. The highest BCUT2D eigenvalue weighted by Gasteiger charge is 2.38. The Morgan fingerprint density at radius 1 is 1.18 bits per heavy atom. The number of aromatic nitrogens is 2. The molecular formula is C22H22N4O2. The van der Waals surface area contributed by atoms with E-state index in [-0.39, 0.29) is 11.7 Å². The molecule has 0 saturated carbocycles. The molecule has 0 bridgehead atoms. The third-order valence-corrected chi connectivity index (χ3v) is 5.19. The number of aryl methyl sites for hydroxylation is 1. The normalized spacial score (nSPS) is 19.2.